The van der Waals surface area contributed by atoms with E-state index in [4.69, 9.17) is 0 Å². The van der Waals surface area contributed by atoms with Crippen LogP contribution in [0.3, 0.4) is 0 Å². The second kappa shape index (κ2) is 6.12. The molecular weight excluding hydrogens is 312 g/mol. The average Bonchev–Trinajstić information content (AvgIpc) is 2.46. The summed E-state index contributed by atoms with van der Waals surface area (Å²) in [4.78, 5) is 0.0328. The maximum atomic E-state index is 13.7. The Morgan fingerprint density at radius 2 is 1.77 bits per heavy atom. The van der Waals surface area contributed by atoms with Gasteiger partial charge in [-0.05, 0) is 25.1 Å². The van der Waals surface area contributed by atoms with Crippen LogP contribution in [0.5, 0.6) is 0 Å². The molecule has 118 valence electrons. The van der Waals surface area contributed by atoms with Crippen LogP contribution >= 0.6 is 0 Å². The van der Waals surface area contributed by atoms with Crippen LogP contribution in [-0.2, 0) is 15.6 Å². The van der Waals surface area contributed by atoms with Crippen molar-refractivity contribution in [1.82, 2.24) is 4.72 Å². The number of rotatable bonds is 5. The van der Waals surface area contributed by atoms with Crippen LogP contribution < -0.4 is 4.72 Å². The second-order valence-corrected chi connectivity index (χ2v) is 6.80. The minimum atomic E-state index is -3.83. The van der Waals surface area contributed by atoms with Crippen molar-refractivity contribution in [1.29, 1.82) is 0 Å². The molecule has 0 radical (unpaired) electrons. The van der Waals surface area contributed by atoms with Crippen LogP contribution in [0.4, 0.5) is 8.78 Å². The number of benzene rings is 2. The van der Waals surface area contributed by atoms with E-state index in [1.54, 1.807) is 18.2 Å². The highest BCUT2D eigenvalue weighted by Crippen LogP contribution is 2.24. The molecule has 4 nitrogen and oxygen atoms in total. The minimum Gasteiger partial charge on any atom is -0.384 e. The summed E-state index contributed by atoms with van der Waals surface area (Å²) in [6, 6.07) is 10.3. The summed E-state index contributed by atoms with van der Waals surface area (Å²) < 4.78 is 53.0. The molecule has 0 aliphatic carbocycles. The lowest BCUT2D eigenvalue weighted by molar-refractivity contribution is 0.0588. The van der Waals surface area contributed by atoms with Crippen molar-refractivity contribution in [3.63, 3.8) is 0 Å². The molecule has 0 bridgehead atoms. The van der Waals surface area contributed by atoms with E-state index in [2.05, 4.69) is 4.72 Å². The maximum Gasteiger partial charge on any atom is 0.240 e. The largest absolute Gasteiger partial charge is 0.384 e. The topological polar surface area (TPSA) is 66.4 Å². The van der Waals surface area contributed by atoms with Crippen LogP contribution in [-0.4, -0.2) is 20.1 Å². The Labute approximate surface area is 127 Å². The van der Waals surface area contributed by atoms with Crippen molar-refractivity contribution in [2.45, 2.75) is 17.4 Å². The van der Waals surface area contributed by atoms with Gasteiger partial charge in [-0.15, -0.1) is 0 Å². The summed E-state index contributed by atoms with van der Waals surface area (Å²) >= 11 is 0. The zero-order valence-corrected chi connectivity index (χ0v) is 12.6. The molecule has 1 atom stereocenters. The Morgan fingerprint density at radius 3 is 2.36 bits per heavy atom. The normalized spacial score (nSPS) is 14.5. The lowest BCUT2D eigenvalue weighted by Crippen LogP contribution is -2.39. The summed E-state index contributed by atoms with van der Waals surface area (Å²) in [6.07, 6.45) is 0. The van der Waals surface area contributed by atoms with Gasteiger partial charge in [-0.2, -0.15) is 0 Å². The summed E-state index contributed by atoms with van der Waals surface area (Å²) in [5.74, 6) is -1.72. The molecule has 0 aliphatic heterocycles. The van der Waals surface area contributed by atoms with E-state index >= 15 is 0 Å². The van der Waals surface area contributed by atoms with Crippen molar-refractivity contribution in [2.24, 2.45) is 0 Å². The molecule has 0 saturated heterocycles. The third-order valence-electron chi connectivity index (χ3n) is 3.17. The van der Waals surface area contributed by atoms with Gasteiger partial charge in [-0.25, -0.2) is 21.9 Å². The minimum absolute atomic E-state index is 0.0328. The molecule has 2 aromatic carbocycles. The van der Waals surface area contributed by atoms with Gasteiger partial charge in [-0.3, -0.25) is 0 Å². The number of halogens is 2. The Kier molecular flexibility index (Phi) is 4.60. The van der Waals surface area contributed by atoms with Gasteiger partial charge in [0.25, 0.3) is 0 Å². The third-order valence-corrected chi connectivity index (χ3v) is 4.59. The molecule has 0 heterocycles. The standard InChI is InChI=1S/C15H15F2NO3S/c1-15(19,13-8-7-11(16)9-14(13)17)10-18-22(20,21)12-5-3-2-4-6-12/h2-9,18-19H,10H2,1H3. The summed E-state index contributed by atoms with van der Waals surface area (Å²) in [6.45, 7) is 0.795. The van der Waals surface area contributed by atoms with E-state index in [1.807, 2.05) is 0 Å². The molecular formula is C15H15F2NO3S. The first-order valence-electron chi connectivity index (χ1n) is 6.45. The highest BCUT2D eigenvalue weighted by molar-refractivity contribution is 7.89. The quantitative estimate of drug-likeness (QED) is 0.884. The van der Waals surface area contributed by atoms with E-state index in [9.17, 15) is 22.3 Å². The maximum absolute atomic E-state index is 13.7. The van der Waals surface area contributed by atoms with Gasteiger partial charge in [0.05, 0.1) is 4.90 Å². The highest BCUT2D eigenvalue weighted by Gasteiger charge is 2.29. The summed E-state index contributed by atoms with van der Waals surface area (Å²) in [7, 11) is -3.83. The van der Waals surface area contributed by atoms with Crippen molar-refractivity contribution in [2.75, 3.05) is 6.54 Å². The first-order valence-corrected chi connectivity index (χ1v) is 7.93. The Hall–Kier alpha value is -1.83. The molecule has 0 amide bonds. The zero-order valence-electron chi connectivity index (χ0n) is 11.8. The first-order chi connectivity index (χ1) is 10.2. The van der Waals surface area contributed by atoms with E-state index in [0.717, 1.165) is 12.1 Å². The van der Waals surface area contributed by atoms with Gasteiger partial charge in [-0.1, -0.05) is 24.3 Å². The van der Waals surface area contributed by atoms with Gasteiger partial charge >= 0.3 is 0 Å². The number of hydrogen-bond acceptors (Lipinski definition) is 3. The molecule has 2 N–H and O–H groups in total. The van der Waals surface area contributed by atoms with Crippen LogP contribution in [0.2, 0.25) is 0 Å². The Morgan fingerprint density at radius 1 is 1.14 bits per heavy atom. The van der Waals surface area contributed by atoms with Crippen molar-refractivity contribution in [3.8, 4) is 0 Å². The Bertz CT molecular complexity index is 762. The van der Waals surface area contributed by atoms with Gasteiger partial charge in [0.2, 0.25) is 10.0 Å². The second-order valence-electron chi connectivity index (χ2n) is 5.04. The fraction of sp³-hybridized carbons (Fsp3) is 0.200. The van der Waals surface area contributed by atoms with Gasteiger partial charge in [0.15, 0.2) is 0 Å². The smallest absolute Gasteiger partial charge is 0.240 e. The van der Waals surface area contributed by atoms with E-state index in [-0.39, 0.29) is 10.5 Å². The van der Waals surface area contributed by atoms with Gasteiger partial charge in [0.1, 0.15) is 17.2 Å². The van der Waals surface area contributed by atoms with Gasteiger partial charge in [0, 0.05) is 18.2 Å². The average molecular weight is 327 g/mol. The van der Waals surface area contributed by atoms with E-state index in [1.165, 1.54) is 19.1 Å². The van der Waals surface area contributed by atoms with Crippen molar-refractivity contribution < 1.29 is 22.3 Å². The fourth-order valence-electron chi connectivity index (χ4n) is 1.94. The van der Waals surface area contributed by atoms with E-state index < -0.39 is 33.8 Å². The molecule has 2 aromatic rings. The molecule has 0 fully saturated rings. The molecule has 0 aliphatic rings. The SMILES string of the molecule is CC(O)(CNS(=O)(=O)c1ccccc1)c1ccc(F)cc1F. The third kappa shape index (κ3) is 3.68. The number of hydrogen-bond donors (Lipinski definition) is 2. The molecule has 22 heavy (non-hydrogen) atoms. The lowest BCUT2D eigenvalue weighted by Gasteiger charge is -2.24. The first kappa shape index (κ1) is 16.5. The number of sulfonamides is 1. The molecule has 0 saturated carbocycles. The predicted molar refractivity (Wildman–Crippen MR) is 77.6 cm³/mol. The number of nitrogens with one attached hydrogen (secondary N) is 1. The summed E-state index contributed by atoms with van der Waals surface area (Å²) in [5.41, 5.74) is -2.01. The monoisotopic (exact) mass is 327 g/mol. The summed E-state index contributed by atoms with van der Waals surface area (Å²) in [5, 5.41) is 10.3. The van der Waals surface area contributed by atoms with Crippen LogP contribution in [0.1, 0.15) is 12.5 Å². The zero-order chi connectivity index (χ0) is 16.4. The molecule has 0 spiro atoms. The number of aliphatic hydroxyl groups is 1. The predicted octanol–water partition coefficient (Wildman–Crippen LogP) is 2.15. The molecule has 1 unspecified atom stereocenters. The van der Waals surface area contributed by atoms with Crippen LogP contribution in [0.15, 0.2) is 53.4 Å². The lowest BCUT2D eigenvalue weighted by atomic mass is 9.96. The van der Waals surface area contributed by atoms with Crippen LogP contribution in [0.25, 0.3) is 0 Å². The fourth-order valence-corrected chi connectivity index (χ4v) is 3.09. The van der Waals surface area contributed by atoms with E-state index in [0.29, 0.717) is 6.07 Å². The highest BCUT2D eigenvalue weighted by atomic mass is 32.2. The van der Waals surface area contributed by atoms with Crippen molar-refractivity contribution in [3.05, 3.63) is 65.7 Å². The molecule has 2 rings (SSSR count). The Balaban J connectivity index is 2.19. The van der Waals surface area contributed by atoms with Crippen LogP contribution in [0, 0.1) is 11.6 Å². The molecule has 7 heteroatoms. The van der Waals surface area contributed by atoms with Crippen molar-refractivity contribution >= 4 is 10.0 Å². The van der Waals surface area contributed by atoms with Gasteiger partial charge < -0.3 is 5.11 Å². The molecule has 0 aromatic heterocycles.